The normalized spacial score (nSPS) is 24.8. The van der Waals surface area contributed by atoms with E-state index in [1.165, 1.54) is 0 Å². The summed E-state index contributed by atoms with van der Waals surface area (Å²) >= 11 is 5.96. The minimum atomic E-state index is -0.0237. The first kappa shape index (κ1) is 14.4. The molecule has 3 atom stereocenters. The van der Waals surface area contributed by atoms with Crippen LogP contribution in [0, 0.1) is 5.92 Å². The van der Waals surface area contributed by atoms with E-state index in [2.05, 4.69) is 5.32 Å². The third-order valence-electron chi connectivity index (χ3n) is 3.79. The first-order valence-electron chi connectivity index (χ1n) is 6.87. The van der Waals surface area contributed by atoms with Crippen LogP contribution in [0.2, 0.25) is 5.02 Å². The summed E-state index contributed by atoms with van der Waals surface area (Å²) in [7, 11) is 0. The lowest BCUT2D eigenvalue weighted by Gasteiger charge is -2.27. The quantitative estimate of drug-likeness (QED) is 0.894. The van der Waals surface area contributed by atoms with E-state index in [0.717, 1.165) is 31.2 Å². The van der Waals surface area contributed by atoms with Crippen molar-refractivity contribution in [2.45, 2.75) is 44.7 Å². The van der Waals surface area contributed by atoms with Crippen LogP contribution in [-0.2, 0) is 4.79 Å². The van der Waals surface area contributed by atoms with Gasteiger partial charge < -0.3 is 11.1 Å². The van der Waals surface area contributed by atoms with Crippen molar-refractivity contribution in [2.24, 2.45) is 11.7 Å². The SMILES string of the molecule is C[C@H](NC(=O)C1CCCC(N)C1)c1cccc(Cl)c1. The number of carbonyl (C=O) groups is 1. The number of amides is 1. The first-order chi connectivity index (χ1) is 9.06. The number of benzene rings is 1. The fraction of sp³-hybridized carbons (Fsp3) is 0.533. The average molecular weight is 281 g/mol. The van der Waals surface area contributed by atoms with Gasteiger partial charge in [0.25, 0.3) is 0 Å². The van der Waals surface area contributed by atoms with E-state index in [4.69, 9.17) is 17.3 Å². The summed E-state index contributed by atoms with van der Waals surface area (Å²) in [5.74, 6) is 0.174. The summed E-state index contributed by atoms with van der Waals surface area (Å²) in [5.41, 5.74) is 6.96. The van der Waals surface area contributed by atoms with Crippen molar-refractivity contribution in [3.05, 3.63) is 34.9 Å². The lowest BCUT2D eigenvalue weighted by atomic mass is 9.85. The number of nitrogens with two attached hydrogens (primary N) is 1. The fourth-order valence-corrected chi connectivity index (χ4v) is 2.85. The lowest BCUT2D eigenvalue weighted by Crippen LogP contribution is -2.38. The third-order valence-corrected chi connectivity index (χ3v) is 4.03. The summed E-state index contributed by atoms with van der Waals surface area (Å²) in [6.07, 6.45) is 3.83. The zero-order chi connectivity index (χ0) is 13.8. The molecule has 19 heavy (non-hydrogen) atoms. The van der Waals surface area contributed by atoms with Gasteiger partial charge in [0.05, 0.1) is 6.04 Å². The highest BCUT2D eigenvalue weighted by atomic mass is 35.5. The molecular weight excluding hydrogens is 260 g/mol. The van der Waals surface area contributed by atoms with Crippen LogP contribution in [0.3, 0.4) is 0 Å². The Kier molecular flexibility index (Phi) is 4.83. The van der Waals surface area contributed by atoms with Gasteiger partial charge in [-0.2, -0.15) is 0 Å². The summed E-state index contributed by atoms with van der Waals surface area (Å²) in [6.45, 7) is 1.98. The Hall–Kier alpha value is -1.06. The topological polar surface area (TPSA) is 55.1 Å². The van der Waals surface area contributed by atoms with Crippen molar-refractivity contribution >= 4 is 17.5 Å². The maximum Gasteiger partial charge on any atom is 0.223 e. The van der Waals surface area contributed by atoms with Crippen molar-refractivity contribution in [1.29, 1.82) is 0 Å². The van der Waals surface area contributed by atoms with E-state index in [1.54, 1.807) is 0 Å². The van der Waals surface area contributed by atoms with Gasteiger partial charge in [-0.15, -0.1) is 0 Å². The average Bonchev–Trinajstić information content (AvgIpc) is 2.38. The maximum absolute atomic E-state index is 12.2. The number of hydrogen-bond acceptors (Lipinski definition) is 2. The predicted octanol–water partition coefficient (Wildman–Crippen LogP) is 3.03. The zero-order valence-corrected chi connectivity index (χ0v) is 12.0. The van der Waals surface area contributed by atoms with E-state index >= 15 is 0 Å². The Morgan fingerprint density at radius 1 is 1.47 bits per heavy atom. The Morgan fingerprint density at radius 2 is 2.26 bits per heavy atom. The molecule has 0 aromatic heterocycles. The molecule has 2 rings (SSSR count). The van der Waals surface area contributed by atoms with Crippen LogP contribution in [0.25, 0.3) is 0 Å². The van der Waals surface area contributed by atoms with Crippen molar-refractivity contribution in [3.8, 4) is 0 Å². The molecule has 104 valence electrons. The first-order valence-corrected chi connectivity index (χ1v) is 7.25. The van der Waals surface area contributed by atoms with Crippen LogP contribution in [0.4, 0.5) is 0 Å². The highest BCUT2D eigenvalue weighted by molar-refractivity contribution is 6.30. The molecule has 1 aromatic carbocycles. The molecule has 3 nitrogen and oxygen atoms in total. The minimum absolute atomic E-state index is 0.0237. The summed E-state index contributed by atoms with van der Waals surface area (Å²) in [4.78, 5) is 12.2. The highest BCUT2D eigenvalue weighted by Crippen LogP contribution is 2.24. The molecule has 0 aliphatic heterocycles. The monoisotopic (exact) mass is 280 g/mol. The molecule has 1 aliphatic carbocycles. The van der Waals surface area contributed by atoms with Gasteiger partial charge in [0.2, 0.25) is 5.91 Å². The molecule has 0 radical (unpaired) electrons. The van der Waals surface area contributed by atoms with Crippen LogP contribution in [0.5, 0.6) is 0 Å². The van der Waals surface area contributed by atoms with Crippen molar-refractivity contribution in [1.82, 2.24) is 5.32 Å². The standard InChI is InChI=1S/C15H21ClN2O/c1-10(11-4-2-6-13(16)8-11)18-15(19)12-5-3-7-14(17)9-12/h2,4,6,8,10,12,14H,3,5,7,9,17H2,1H3,(H,18,19)/t10-,12?,14?/m0/s1. The van der Waals surface area contributed by atoms with Crippen LogP contribution >= 0.6 is 11.6 Å². The second-order valence-electron chi connectivity index (χ2n) is 5.41. The number of halogens is 1. The van der Waals surface area contributed by atoms with E-state index in [0.29, 0.717) is 5.02 Å². The van der Waals surface area contributed by atoms with Gasteiger partial charge >= 0.3 is 0 Å². The molecule has 1 saturated carbocycles. The van der Waals surface area contributed by atoms with Gasteiger partial charge in [0.15, 0.2) is 0 Å². The van der Waals surface area contributed by atoms with E-state index < -0.39 is 0 Å². The molecule has 1 amide bonds. The summed E-state index contributed by atoms with van der Waals surface area (Å²) in [5, 5.41) is 3.75. The smallest absolute Gasteiger partial charge is 0.223 e. The number of hydrogen-bond donors (Lipinski definition) is 2. The number of carbonyl (C=O) groups excluding carboxylic acids is 1. The molecule has 0 spiro atoms. The fourth-order valence-electron chi connectivity index (χ4n) is 2.66. The van der Waals surface area contributed by atoms with E-state index in [-0.39, 0.29) is 23.9 Å². The number of rotatable bonds is 3. The zero-order valence-electron chi connectivity index (χ0n) is 11.2. The molecule has 2 unspecified atom stereocenters. The van der Waals surface area contributed by atoms with Gasteiger partial charge in [-0.05, 0) is 43.9 Å². The second-order valence-corrected chi connectivity index (χ2v) is 5.85. The predicted molar refractivity (Wildman–Crippen MR) is 77.9 cm³/mol. The Balaban J connectivity index is 1.94. The molecule has 4 heteroatoms. The van der Waals surface area contributed by atoms with Gasteiger partial charge in [0.1, 0.15) is 0 Å². The second kappa shape index (κ2) is 6.40. The summed E-state index contributed by atoms with van der Waals surface area (Å²) < 4.78 is 0. The molecule has 1 aliphatic rings. The Labute approximate surface area is 119 Å². The van der Waals surface area contributed by atoms with E-state index in [1.807, 2.05) is 31.2 Å². The van der Waals surface area contributed by atoms with Gasteiger partial charge in [0, 0.05) is 17.0 Å². The Bertz CT molecular complexity index is 450. The Morgan fingerprint density at radius 3 is 2.95 bits per heavy atom. The van der Waals surface area contributed by atoms with E-state index in [9.17, 15) is 4.79 Å². The molecule has 0 saturated heterocycles. The van der Waals surface area contributed by atoms with Crippen LogP contribution in [-0.4, -0.2) is 11.9 Å². The van der Waals surface area contributed by atoms with Crippen molar-refractivity contribution < 1.29 is 4.79 Å². The number of nitrogens with one attached hydrogen (secondary N) is 1. The van der Waals surface area contributed by atoms with Gasteiger partial charge in [-0.25, -0.2) is 0 Å². The van der Waals surface area contributed by atoms with Crippen LogP contribution in [0.15, 0.2) is 24.3 Å². The summed E-state index contributed by atoms with van der Waals surface area (Å²) in [6, 6.07) is 7.74. The molecular formula is C15H21ClN2O. The lowest BCUT2D eigenvalue weighted by molar-refractivity contribution is -0.126. The van der Waals surface area contributed by atoms with Gasteiger partial charge in [-0.1, -0.05) is 30.2 Å². The molecule has 3 N–H and O–H groups in total. The maximum atomic E-state index is 12.2. The highest BCUT2D eigenvalue weighted by Gasteiger charge is 2.26. The molecule has 0 heterocycles. The molecule has 0 bridgehead atoms. The van der Waals surface area contributed by atoms with Crippen molar-refractivity contribution in [2.75, 3.05) is 0 Å². The molecule has 1 fully saturated rings. The third kappa shape index (κ3) is 3.95. The largest absolute Gasteiger partial charge is 0.349 e. The van der Waals surface area contributed by atoms with Crippen LogP contribution in [0.1, 0.15) is 44.2 Å². The molecule has 1 aromatic rings. The van der Waals surface area contributed by atoms with Gasteiger partial charge in [-0.3, -0.25) is 4.79 Å². The van der Waals surface area contributed by atoms with Crippen LogP contribution < -0.4 is 11.1 Å². The van der Waals surface area contributed by atoms with Crippen molar-refractivity contribution in [3.63, 3.8) is 0 Å². The minimum Gasteiger partial charge on any atom is -0.349 e.